The Labute approximate surface area is 109 Å². The molecule has 1 aromatic carbocycles. The molecule has 0 heterocycles. The van der Waals surface area contributed by atoms with Crippen LogP contribution in [0.4, 0.5) is 18.9 Å². The quantitative estimate of drug-likeness (QED) is 0.671. The molecule has 0 aliphatic heterocycles. The summed E-state index contributed by atoms with van der Waals surface area (Å²) >= 11 is 0. The maximum absolute atomic E-state index is 13.2. The van der Waals surface area contributed by atoms with Crippen LogP contribution in [0.25, 0.3) is 0 Å². The van der Waals surface area contributed by atoms with E-state index in [0.717, 1.165) is 6.07 Å². The number of halogens is 3. The molecule has 0 amide bonds. The predicted octanol–water partition coefficient (Wildman–Crippen LogP) is 3.81. The molecule has 1 aliphatic carbocycles. The summed E-state index contributed by atoms with van der Waals surface area (Å²) in [5, 5.41) is 0. The van der Waals surface area contributed by atoms with Crippen LogP contribution >= 0.6 is 0 Å². The third kappa shape index (κ3) is 3.49. The van der Waals surface area contributed by atoms with Crippen LogP contribution in [0.15, 0.2) is 18.2 Å². The average Bonchev–Trinajstić information content (AvgIpc) is 2.31. The van der Waals surface area contributed by atoms with Crippen LogP contribution in [0, 0.1) is 11.7 Å². The van der Waals surface area contributed by atoms with Crippen LogP contribution < -0.4 is 5.73 Å². The Kier molecular flexibility index (Phi) is 3.83. The van der Waals surface area contributed by atoms with Crippen molar-refractivity contribution in [3.63, 3.8) is 0 Å². The van der Waals surface area contributed by atoms with Gasteiger partial charge in [-0.15, -0.1) is 0 Å². The Morgan fingerprint density at radius 2 is 2.16 bits per heavy atom. The maximum atomic E-state index is 13.2. The van der Waals surface area contributed by atoms with E-state index in [2.05, 4.69) is 0 Å². The van der Waals surface area contributed by atoms with E-state index in [1.54, 1.807) is 0 Å². The molecule has 5 heteroatoms. The van der Waals surface area contributed by atoms with Crippen LogP contribution in [0.2, 0.25) is 0 Å². The Morgan fingerprint density at radius 3 is 2.79 bits per heavy atom. The van der Waals surface area contributed by atoms with Crippen molar-refractivity contribution in [3.8, 4) is 0 Å². The molecule has 2 rings (SSSR count). The number of carbonyl (C=O) groups is 1. The first-order valence-electron chi connectivity index (χ1n) is 6.33. The molecule has 1 unspecified atom stereocenters. The summed E-state index contributed by atoms with van der Waals surface area (Å²) in [4.78, 5) is 11.9. The fourth-order valence-electron chi connectivity index (χ4n) is 2.53. The van der Waals surface area contributed by atoms with E-state index in [-0.39, 0.29) is 42.2 Å². The van der Waals surface area contributed by atoms with Gasteiger partial charge in [-0.25, -0.2) is 13.2 Å². The molecule has 1 aromatic rings. The highest BCUT2D eigenvalue weighted by Crippen LogP contribution is 2.38. The molecule has 1 fully saturated rings. The summed E-state index contributed by atoms with van der Waals surface area (Å²) in [6, 6.07) is 3.82. The third-order valence-electron chi connectivity index (χ3n) is 3.54. The standard InChI is InChI=1S/C14H16F3NO/c15-11-7-10(3-4-12(11)18)13(19)6-9-2-1-5-14(16,17)8-9/h3-4,7,9H,1-2,5-6,8,18H2. The van der Waals surface area contributed by atoms with Gasteiger partial charge in [0.05, 0.1) is 5.69 Å². The van der Waals surface area contributed by atoms with Crippen molar-refractivity contribution in [2.24, 2.45) is 5.92 Å². The molecule has 19 heavy (non-hydrogen) atoms. The lowest BCUT2D eigenvalue weighted by molar-refractivity contribution is -0.0521. The van der Waals surface area contributed by atoms with Crippen LogP contribution in [0.5, 0.6) is 0 Å². The number of anilines is 1. The lowest BCUT2D eigenvalue weighted by Gasteiger charge is -2.28. The van der Waals surface area contributed by atoms with E-state index < -0.39 is 11.7 Å². The van der Waals surface area contributed by atoms with E-state index >= 15 is 0 Å². The minimum absolute atomic E-state index is 0.0271. The van der Waals surface area contributed by atoms with Crippen LogP contribution in [0.1, 0.15) is 42.5 Å². The topological polar surface area (TPSA) is 43.1 Å². The molecular formula is C14H16F3NO. The van der Waals surface area contributed by atoms with Gasteiger partial charge in [0.15, 0.2) is 5.78 Å². The molecule has 0 saturated heterocycles. The van der Waals surface area contributed by atoms with Gasteiger partial charge in [0.1, 0.15) is 5.82 Å². The van der Waals surface area contributed by atoms with Crippen molar-refractivity contribution in [2.45, 2.75) is 38.0 Å². The highest BCUT2D eigenvalue weighted by molar-refractivity contribution is 5.96. The molecule has 104 valence electrons. The van der Waals surface area contributed by atoms with Crippen molar-refractivity contribution < 1.29 is 18.0 Å². The number of hydrogen-bond acceptors (Lipinski definition) is 2. The second-order valence-electron chi connectivity index (χ2n) is 5.18. The molecule has 0 aromatic heterocycles. The first kappa shape index (κ1) is 13.9. The number of nitrogen functional groups attached to an aromatic ring is 1. The number of carbonyl (C=O) groups excluding carboxylic acids is 1. The SMILES string of the molecule is Nc1ccc(C(=O)CC2CCCC(F)(F)C2)cc1F. The van der Waals surface area contributed by atoms with Crippen LogP contribution in [-0.2, 0) is 0 Å². The van der Waals surface area contributed by atoms with Gasteiger partial charge in [0.2, 0.25) is 5.92 Å². The van der Waals surface area contributed by atoms with Gasteiger partial charge in [-0.3, -0.25) is 4.79 Å². The van der Waals surface area contributed by atoms with E-state index in [4.69, 9.17) is 5.73 Å². The Bertz CT molecular complexity index is 488. The number of Topliss-reactive ketones (excluding diaryl/α,β-unsaturated/α-hetero) is 1. The number of rotatable bonds is 3. The van der Waals surface area contributed by atoms with Gasteiger partial charge in [0.25, 0.3) is 0 Å². The summed E-state index contributed by atoms with van der Waals surface area (Å²) in [5.74, 6) is -3.95. The largest absolute Gasteiger partial charge is 0.396 e. The van der Waals surface area contributed by atoms with Crippen molar-refractivity contribution in [1.82, 2.24) is 0 Å². The highest BCUT2D eigenvalue weighted by Gasteiger charge is 2.36. The van der Waals surface area contributed by atoms with Crippen molar-refractivity contribution >= 4 is 11.5 Å². The van der Waals surface area contributed by atoms with Gasteiger partial charge in [0, 0.05) is 24.8 Å². The monoisotopic (exact) mass is 271 g/mol. The molecule has 1 saturated carbocycles. The number of alkyl halides is 2. The van der Waals surface area contributed by atoms with Gasteiger partial charge in [-0.2, -0.15) is 0 Å². The summed E-state index contributed by atoms with van der Waals surface area (Å²) in [5.41, 5.74) is 5.49. The molecule has 2 nitrogen and oxygen atoms in total. The van der Waals surface area contributed by atoms with Gasteiger partial charge < -0.3 is 5.73 Å². The van der Waals surface area contributed by atoms with Gasteiger partial charge >= 0.3 is 0 Å². The molecule has 0 spiro atoms. The van der Waals surface area contributed by atoms with E-state index in [1.807, 2.05) is 0 Å². The zero-order chi connectivity index (χ0) is 14.0. The minimum Gasteiger partial charge on any atom is -0.396 e. The van der Waals surface area contributed by atoms with E-state index in [1.165, 1.54) is 12.1 Å². The van der Waals surface area contributed by atoms with Crippen LogP contribution in [-0.4, -0.2) is 11.7 Å². The number of benzene rings is 1. The van der Waals surface area contributed by atoms with E-state index in [0.29, 0.717) is 12.8 Å². The van der Waals surface area contributed by atoms with Crippen LogP contribution in [0.3, 0.4) is 0 Å². The van der Waals surface area contributed by atoms with Crippen molar-refractivity contribution in [3.05, 3.63) is 29.6 Å². The van der Waals surface area contributed by atoms with Gasteiger partial charge in [-0.05, 0) is 37.0 Å². The summed E-state index contributed by atoms with van der Waals surface area (Å²) < 4.78 is 39.7. The smallest absolute Gasteiger partial charge is 0.248 e. The maximum Gasteiger partial charge on any atom is 0.248 e. The Hall–Kier alpha value is -1.52. The fourth-order valence-corrected chi connectivity index (χ4v) is 2.53. The summed E-state index contributed by atoms with van der Waals surface area (Å²) in [6.07, 6.45) is 0.739. The Morgan fingerprint density at radius 1 is 1.42 bits per heavy atom. The lowest BCUT2D eigenvalue weighted by atomic mass is 9.82. The molecule has 1 atom stereocenters. The molecule has 2 N–H and O–H groups in total. The Balaban J connectivity index is 2.02. The predicted molar refractivity (Wildman–Crippen MR) is 66.7 cm³/mol. The normalized spacial score (nSPS) is 22.2. The van der Waals surface area contributed by atoms with E-state index in [9.17, 15) is 18.0 Å². The summed E-state index contributed by atoms with van der Waals surface area (Å²) in [7, 11) is 0. The number of ketones is 1. The molecule has 0 bridgehead atoms. The number of hydrogen-bond donors (Lipinski definition) is 1. The first-order chi connectivity index (χ1) is 8.87. The number of nitrogens with two attached hydrogens (primary N) is 1. The van der Waals surface area contributed by atoms with Gasteiger partial charge in [-0.1, -0.05) is 0 Å². The third-order valence-corrected chi connectivity index (χ3v) is 3.54. The highest BCUT2D eigenvalue weighted by atomic mass is 19.3. The first-order valence-corrected chi connectivity index (χ1v) is 6.33. The fraction of sp³-hybridized carbons (Fsp3) is 0.500. The second-order valence-corrected chi connectivity index (χ2v) is 5.18. The minimum atomic E-state index is -2.67. The average molecular weight is 271 g/mol. The zero-order valence-corrected chi connectivity index (χ0v) is 10.5. The summed E-state index contributed by atoms with van der Waals surface area (Å²) in [6.45, 7) is 0. The second kappa shape index (κ2) is 5.23. The zero-order valence-electron chi connectivity index (χ0n) is 10.5. The van der Waals surface area contributed by atoms with Crippen molar-refractivity contribution in [2.75, 3.05) is 5.73 Å². The molecular weight excluding hydrogens is 255 g/mol. The molecule has 0 radical (unpaired) electrons. The van der Waals surface area contributed by atoms with Crippen molar-refractivity contribution in [1.29, 1.82) is 0 Å². The lowest BCUT2D eigenvalue weighted by Crippen LogP contribution is -2.27. The molecule has 1 aliphatic rings.